The topological polar surface area (TPSA) is 92.5 Å². The zero-order chi connectivity index (χ0) is 11.1. The van der Waals surface area contributed by atoms with Crippen LogP contribution in [0.15, 0.2) is 35.5 Å². The van der Waals surface area contributed by atoms with Crippen LogP contribution in [-0.2, 0) is 0 Å². The molecule has 6 nitrogen and oxygen atoms in total. The zero-order valence-electron chi connectivity index (χ0n) is 8.27. The number of aromatic amines is 2. The van der Waals surface area contributed by atoms with E-state index in [-0.39, 0.29) is 5.69 Å². The van der Waals surface area contributed by atoms with Crippen molar-refractivity contribution in [3.63, 3.8) is 0 Å². The van der Waals surface area contributed by atoms with Crippen molar-refractivity contribution < 1.29 is 0 Å². The molecule has 0 saturated carbocycles. The van der Waals surface area contributed by atoms with Crippen LogP contribution >= 0.6 is 0 Å². The first-order chi connectivity index (χ1) is 7.77. The number of anilines is 1. The summed E-state index contributed by atoms with van der Waals surface area (Å²) in [6.07, 6.45) is 5.07. The van der Waals surface area contributed by atoms with Gasteiger partial charge in [0.25, 0.3) is 0 Å². The Kier molecular flexibility index (Phi) is 1.64. The molecule has 16 heavy (non-hydrogen) atoms. The fourth-order valence-electron chi connectivity index (χ4n) is 1.76. The number of hydrogen-bond donors (Lipinski definition) is 3. The van der Waals surface area contributed by atoms with Crippen LogP contribution in [0.25, 0.3) is 16.7 Å². The normalized spacial score (nSPS) is 11.0. The van der Waals surface area contributed by atoms with Crippen molar-refractivity contribution in [3.05, 3.63) is 41.2 Å². The van der Waals surface area contributed by atoms with E-state index in [9.17, 15) is 4.79 Å². The lowest BCUT2D eigenvalue weighted by molar-refractivity contribution is 1.02. The maximum absolute atomic E-state index is 11.8. The minimum absolute atomic E-state index is 0.227. The van der Waals surface area contributed by atoms with Gasteiger partial charge in [-0.15, -0.1) is 0 Å². The molecule has 0 aliphatic heterocycles. The quantitative estimate of drug-likeness (QED) is 0.555. The number of H-pyrrole nitrogens is 2. The van der Waals surface area contributed by atoms with Gasteiger partial charge in [-0.05, 0) is 12.1 Å². The molecule has 0 saturated heterocycles. The third-order valence-electron chi connectivity index (χ3n) is 2.47. The number of aromatic nitrogens is 4. The number of pyridine rings is 1. The van der Waals surface area contributed by atoms with E-state index in [0.717, 1.165) is 11.2 Å². The summed E-state index contributed by atoms with van der Waals surface area (Å²) in [4.78, 5) is 21.3. The lowest BCUT2D eigenvalue weighted by atomic mass is 10.3. The summed E-state index contributed by atoms with van der Waals surface area (Å²) < 4.78 is 1.55. The molecular formula is C10H9N5O. The molecule has 0 amide bonds. The Hall–Kier alpha value is -2.50. The van der Waals surface area contributed by atoms with Crippen molar-refractivity contribution in [1.82, 2.24) is 19.5 Å². The van der Waals surface area contributed by atoms with Gasteiger partial charge in [-0.25, -0.2) is 9.78 Å². The standard InChI is InChI=1S/C10H9N5O/c11-9-8-7(2-4-13-9)15(10(16)14-8)6-1-3-12-5-6/h1-5,12H,(H2,11,13)(H,14,16). The number of nitrogens with zero attached hydrogens (tertiary/aromatic N) is 2. The predicted molar refractivity (Wildman–Crippen MR) is 60.5 cm³/mol. The third-order valence-corrected chi connectivity index (χ3v) is 2.47. The van der Waals surface area contributed by atoms with Crippen LogP contribution in [0, 0.1) is 0 Å². The molecule has 0 spiro atoms. The van der Waals surface area contributed by atoms with Crippen LogP contribution in [0.1, 0.15) is 0 Å². The molecule has 6 heteroatoms. The van der Waals surface area contributed by atoms with Crippen LogP contribution in [0.4, 0.5) is 5.82 Å². The molecular weight excluding hydrogens is 206 g/mol. The number of imidazole rings is 1. The zero-order valence-corrected chi connectivity index (χ0v) is 8.27. The van der Waals surface area contributed by atoms with Crippen LogP contribution in [0.2, 0.25) is 0 Å². The highest BCUT2D eigenvalue weighted by Gasteiger charge is 2.10. The SMILES string of the molecule is Nc1nccc2c1[nH]c(=O)n2-c1cc[nH]c1. The molecule has 0 bridgehead atoms. The van der Waals surface area contributed by atoms with E-state index < -0.39 is 0 Å². The minimum Gasteiger partial charge on any atom is -0.382 e. The summed E-state index contributed by atoms with van der Waals surface area (Å²) in [5.41, 5.74) is 7.51. The molecule has 0 aliphatic rings. The van der Waals surface area contributed by atoms with Gasteiger partial charge in [-0.3, -0.25) is 4.57 Å². The van der Waals surface area contributed by atoms with Gasteiger partial charge in [0.15, 0.2) is 0 Å². The Morgan fingerprint density at radius 3 is 3.00 bits per heavy atom. The molecule has 0 unspecified atom stereocenters. The number of rotatable bonds is 1. The number of nitrogens with two attached hydrogens (primary N) is 1. The Bertz CT molecular complexity index is 692. The number of nitrogens with one attached hydrogen (secondary N) is 2. The monoisotopic (exact) mass is 215 g/mol. The number of hydrogen-bond acceptors (Lipinski definition) is 3. The molecule has 0 aliphatic carbocycles. The van der Waals surface area contributed by atoms with Crippen molar-refractivity contribution in [2.24, 2.45) is 0 Å². The first kappa shape index (κ1) is 8.78. The lowest BCUT2D eigenvalue weighted by Crippen LogP contribution is -2.13. The molecule has 80 valence electrons. The van der Waals surface area contributed by atoms with E-state index in [1.807, 2.05) is 6.07 Å². The summed E-state index contributed by atoms with van der Waals surface area (Å²) in [6, 6.07) is 3.56. The minimum atomic E-state index is -0.227. The van der Waals surface area contributed by atoms with E-state index in [0.29, 0.717) is 11.3 Å². The van der Waals surface area contributed by atoms with E-state index in [4.69, 9.17) is 5.73 Å². The Morgan fingerprint density at radius 2 is 2.25 bits per heavy atom. The van der Waals surface area contributed by atoms with Crippen LogP contribution in [-0.4, -0.2) is 19.5 Å². The van der Waals surface area contributed by atoms with E-state index in [2.05, 4.69) is 15.0 Å². The summed E-state index contributed by atoms with van der Waals surface area (Å²) in [5.74, 6) is 0.323. The molecule has 0 fully saturated rings. The van der Waals surface area contributed by atoms with Crippen molar-refractivity contribution >= 4 is 16.9 Å². The first-order valence-corrected chi connectivity index (χ1v) is 4.76. The highest BCUT2D eigenvalue weighted by atomic mass is 16.1. The summed E-state index contributed by atoms with van der Waals surface area (Å²) in [7, 11) is 0. The third kappa shape index (κ3) is 1.07. The fraction of sp³-hybridized carbons (Fsp3) is 0. The largest absolute Gasteiger partial charge is 0.382 e. The summed E-state index contributed by atoms with van der Waals surface area (Å²) in [5, 5.41) is 0. The average Bonchev–Trinajstić information content (AvgIpc) is 2.85. The van der Waals surface area contributed by atoms with Crippen LogP contribution in [0.3, 0.4) is 0 Å². The first-order valence-electron chi connectivity index (χ1n) is 4.76. The Labute approximate surface area is 89.7 Å². The second-order valence-electron chi connectivity index (χ2n) is 3.43. The highest BCUT2D eigenvalue weighted by molar-refractivity contribution is 5.85. The number of nitrogen functional groups attached to an aromatic ring is 1. The van der Waals surface area contributed by atoms with E-state index in [1.54, 1.807) is 29.2 Å². The maximum atomic E-state index is 11.8. The van der Waals surface area contributed by atoms with Gasteiger partial charge in [-0.2, -0.15) is 0 Å². The van der Waals surface area contributed by atoms with Gasteiger partial charge in [0, 0.05) is 18.6 Å². The second-order valence-corrected chi connectivity index (χ2v) is 3.43. The van der Waals surface area contributed by atoms with Crippen LogP contribution in [0.5, 0.6) is 0 Å². The van der Waals surface area contributed by atoms with Gasteiger partial charge in [0.05, 0.1) is 11.2 Å². The molecule has 3 rings (SSSR count). The van der Waals surface area contributed by atoms with Crippen molar-refractivity contribution in [3.8, 4) is 5.69 Å². The Balaban J connectivity index is 2.46. The molecule has 0 aromatic carbocycles. The fourth-order valence-corrected chi connectivity index (χ4v) is 1.76. The van der Waals surface area contributed by atoms with E-state index >= 15 is 0 Å². The highest BCUT2D eigenvalue weighted by Crippen LogP contribution is 2.17. The molecule has 3 aromatic heterocycles. The smallest absolute Gasteiger partial charge is 0.331 e. The van der Waals surface area contributed by atoms with Gasteiger partial charge in [0.1, 0.15) is 11.3 Å². The van der Waals surface area contributed by atoms with Crippen molar-refractivity contribution in [2.45, 2.75) is 0 Å². The maximum Gasteiger partial charge on any atom is 0.331 e. The Morgan fingerprint density at radius 1 is 1.38 bits per heavy atom. The molecule has 4 N–H and O–H groups in total. The molecule has 0 radical (unpaired) electrons. The van der Waals surface area contributed by atoms with Gasteiger partial charge < -0.3 is 15.7 Å². The molecule has 3 aromatic rings. The van der Waals surface area contributed by atoms with Gasteiger partial charge in [-0.1, -0.05) is 0 Å². The van der Waals surface area contributed by atoms with Gasteiger partial charge in [0.2, 0.25) is 0 Å². The van der Waals surface area contributed by atoms with Crippen molar-refractivity contribution in [2.75, 3.05) is 5.73 Å². The van der Waals surface area contributed by atoms with Crippen molar-refractivity contribution in [1.29, 1.82) is 0 Å². The number of fused-ring (bicyclic) bond motifs is 1. The van der Waals surface area contributed by atoms with Gasteiger partial charge >= 0.3 is 5.69 Å². The molecule has 0 atom stereocenters. The summed E-state index contributed by atoms with van der Waals surface area (Å²) in [6.45, 7) is 0. The second kappa shape index (κ2) is 2.99. The van der Waals surface area contributed by atoms with E-state index in [1.165, 1.54) is 0 Å². The van der Waals surface area contributed by atoms with Crippen LogP contribution < -0.4 is 11.4 Å². The summed E-state index contributed by atoms with van der Waals surface area (Å²) >= 11 is 0. The molecule has 3 heterocycles. The lowest BCUT2D eigenvalue weighted by Gasteiger charge is -1.99. The average molecular weight is 215 g/mol. The predicted octanol–water partition coefficient (Wildman–Crippen LogP) is 0.624.